The van der Waals surface area contributed by atoms with Crippen LogP contribution in [0.4, 0.5) is 0 Å². The summed E-state index contributed by atoms with van der Waals surface area (Å²) in [6.07, 6.45) is 1.51. The van der Waals surface area contributed by atoms with Crippen molar-refractivity contribution in [1.82, 2.24) is 14.8 Å². The summed E-state index contributed by atoms with van der Waals surface area (Å²) in [6, 6.07) is 5.21. The molecule has 0 aliphatic carbocycles. The van der Waals surface area contributed by atoms with Gasteiger partial charge in [-0.1, -0.05) is 6.07 Å². The highest BCUT2D eigenvalue weighted by Gasteiger charge is 2.43. The lowest BCUT2D eigenvalue weighted by atomic mass is 10.1. The molecule has 0 N–H and O–H groups in total. The molecular formula is C13H15N3O3. The van der Waals surface area contributed by atoms with Gasteiger partial charge in [-0.25, -0.2) is 0 Å². The number of carbonyl (C=O) groups is 2. The van der Waals surface area contributed by atoms with Gasteiger partial charge in [-0.2, -0.15) is 0 Å². The average Bonchev–Trinajstić information content (AvgIpc) is 2.88. The molecular weight excluding hydrogens is 246 g/mol. The van der Waals surface area contributed by atoms with Crippen molar-refractivity contribution in [3.8, 4) is 0 Å². The van der Waals surface area contributed by atoms with Crippen LogP contribution in [-0.4, -0.2) is 65.5 Å². The molecule has 2 amide bonds. The van der Waals surface area contributed by atoms with Gasteiger partial charge in [0.15, 0.2) is 0 Å². The molecule has 2 atom stereocenters. The molecule has 100 valence electrons. The summed E-state index contributed by atoms with van der Waals surface area (Å²) in [6.45, 7) is 1.11. The first-order valence-corrected chi connectivity index (χ1v) is 6.24. The number of pyridine rings is 1. The lowest BCUT2D eigenvalue weighted by Crippen LogP contribution is -2.51. The largest absolute Gasteiger partial charge is 0.364 e. The Morgan fingerprint density at radius 1 is 1.42 bits per heavy atom. The highest BCUT2D eigenvalue weighted by Crippen LogP contribution is 2.23. The highest BCUT2D eigenvalue weighted by atomic mass is 16.5. The standard InChI is InChI=1S/C13H15N3O3/c1-15-10-6-16(7-11(10)19-8-12(15)17)13(18)9-4-2-3-5-14-9/h2-5,10-11H,6-8H2,1H3. The van der Waals surface area contributed by atoms with E-state index in [1.165, 1.54) is 0 Å². The normalized spacial score (nSPS) is 26.5. The topological polar surface area (TPSA) is 62.7 Å². The second-order valence-corrected chi connectivity index (χ2v) is 4.85. The van der Waals surface area contributed by atoms with Crippen molar-refractivity contribution in [1.29, 1.82) is 0 Å². The fraction of sp³-hybridized carbons (Fsp3) is 0.462. The maximum Gasteiger partial charge on any atom is 0.272 e. The van der Waals surface area contributed by atoms with Crippen molar-refractivity contribution in [3.63, 3.8) is 0 Å². The fourth-order valence-electron chi connectivity index (χ4n) is 2.57. The third-order valence-electron chi connectivity index (χ3n) is 3.72. The predicted molar refractivity (Wildman–Crippen MR) is 66.4 cm³/mol. The Labute approximate surface area is 111 Å². The molecule has 0 radical (unpaired) electrons. The zero-order valence-electron chi connectivity index (χ0n) is 10.7. The van der Waals surface area contributed by atoms with Crippen LogP contribution in [0.5, 0.6) is 0 Å². The molecule has 6 heteroatoms. The number of carbonyl (C=O) groups excluding carboxylic acids is 2. The number of aromatic nitrogens is 1. The van der Waals surface area contributed by atoms with Gasteiger partial charge in [-0.05, 0) is 12.1 Å². The van der Waals surface area contributed by atoms with Crippen molar-refractivity contribution < 1.29 is 14.3 Å². The van der Waals surface area contributed by atoms with E-state index in [1.807, 2.05) is 0 Å². The minimum Gasteiger partial charge on any atom is -0.364 e. The van der Waals surface area contributed by atoms with Gasteiger partial charge in [0.1, 0.15) is 12.3 Å². The van der Waals surface area contributed by atoms with E-state index in [4.69, 9.17) is 4.74 Å². The molecule has 3 heterocycles. The first-order valence-electron chi connectivity index (χ1n) is 6.24. The van der Waals surface area contributed by atoms with Crippen molar-refractivity contribution in [2.45, 2.75) is 12.1 Å². The molecule has 0 bridgehead atoms. The molecule has 2 saturated heterocycles. The van der Waals surface area contributed by atoms with E-state index >= 15 is 0 Å². The van der Waals surface area contributed by atoms with E-state index in [-0.39, 0.29) is 30.6 Å². The number of nitrogens with zero attached hydrogens (tertiary/aromatic N) is 3. The molecule has 1 aromatic rings. The average molecular weight is 261 g/mol. The van der Waals surface area contributed by atoms with Gasteiger partial charge in [0.05, 0.1) is 12.1 Å². The van der Waals surface area contributed by atoms with Gasteiger partial charge in [-0.15, -0.1) is 0 Å². The van der Waals surface area contributed by atoms with Crippen LogP contribution in [0.1, 0.15) is 10.5 Å². The predicted octanol–water partition coefficient (Wildman–Crippen LogP) is -0.237. The lowest BCUT2D eigenvalue weighted by molar-refractivity contribution is -0.150. The van der Waals surface area contributed by atoms with Gasteiger partial charge in [-0.3, -0.25) is 14.6 Å². The van der Waals surface area contributed by atoms with Crippen molar-refractivity contribution in [2.75, 3.05) is 26.7 Å². The number of hydrogen-bond acceptors (Lipinski definition) is 4. The van der Waals surface area contributed by atoms with Crippen LogP contribution in [0, 0.1) is 0 Å². The van der Waals surface area contributed by atoms with E-state index in [1.54, 1.807) is 41.2 Å². The molecule has 0 aromatic carbocycles. The molecule has 2 fully saturated rings. The first-order chi connectivity index (χ1) is 9.16. The van der Waals surface area contributed by atoms with E-state index in [0.717, 1.165) is 0 Å². The van der Waals surface area contributed by atoms with Gasteiger partial charge < -0.3 is 14.5 Å². The smallest absolute Gasteiger partial charge is 0.272 e. The summed E-state index contributed by atoms with van der Waals surface area (Å²) >= 11 is 0. The molecule has 3 rings (SSSR count). The van der Waals surface area contributed by atoms with Gasteiger partial charge in [0.2, 0.25) is 5.91 Å². The maximum atomic E-state index is 12.3. The Morgan fingerprint density at radius 2 is 2.26 bits per heavy atom. The summed E-state index contributed by atoms with van der Waals surface area (Å²) in [7, 11) is 1.76. The van der Waals surface area contributed by atoms with E-state index in [0.29, 0.717) is 18.8 Å². The van der Waals surface area contributed by atoms with Crippen LogP contribution in [0.2, 0.25) is 0 Å². The van der Waals surface area contributed by atoms with E-state index in [2.05, 4.69) is 4.98 Å². The highest BCUT2D eigenvalue weighted by molar-refractivity contribution is 5.92. The molecule has 2 aliphatic heterocycles. The number of hydrogen-bond donors (Lipinski definition) is 0. The quantitative estimate of drug-likeness (QED) is 0.700. The molecule has 6 nitrogen and oxygen atoms in total. The second-order valence-electron chi connectivity index (χ2n) is 4.85. The van der Waals surface area contributed by atoms with Crippen LogP contribution < -0.4 is 0 Å². The number of fused-ring (bicyclic) bond motifs is 1. The minimum absolute atomic E-state index is 0.0339. The zero-order valence-corrected chi connectivity index (χ0v) is 10.7. The lowest BCUT2D eigenvalue weighted by Gasteiger charge is -2.33. The SMILES string of the molecule is CN1C(=O)COC2CN(C(=O)c3ccccn3)CC21. The number of amides is 2. The molecule has 2 aliphatic rings. The Bertz CT molecular complexity index is 505. The third-order valence-corrected chi connectivity index (χ3v) is 3.72. The van der Waals surface area contributed by atoms with Crippen LogP contribution in [-0.2, 0) is 9.53 Å². The van der Waals surface area contributed by atoms with Crippen LogP contribution in [0.3, 0.4) is 0 Å². The summed E-state index contributed by atoms with van der Waals surface area (Å²) in [5.74, 6) is -0.146. The summed E-state index contributed by atoms with van der Waals surface area (Å²) < 4.78 is 5.50. The van der Waals surface area contributed by atoms with Crippen LogP contribution in [0.25, 0.3) is 0 Å². The number of morpholine rings is 1. The van der Waals surface area contributed by atoms with E-state index in [9.17, 15) is 9.59 Å². The van der Waals surface area contributed by atoms with Crippen LogP contribution in [0.15, 0.2) is 24.4 Å². The van der Waals surface area contributed by atoms with Gasteiger partial charge in [0, 0.05) is 26.3 Å². The molecule has 0 saturated carbocycles. The summed E-state index contributed by atoms with van der Waals surface area (Å²) in [4.78, 5) is 31.3. The first kappa shape index (κ1) is 12.1. The Kier molecular flexibility index (Phi) is 2.94. The van der Waals surface area contributed by atoms with Crippen LogP contribution >= 0.6 is 0 Å². The number of likely N-dealkylation sites (tertiary alicyclic amines) is 1. The number of likely N-dealkylation sites (N-methyl/N-ethyl adjacent to an activating group) is 1. The summed E-state index contributed by atoms with van der Waals surface area (Å²) in [5.41, 5.74) is 0.426. The van der Waals surface area contributed by atoms with Crippen molar-refractivity contribution >= 4 is 11.8 Å². The molecule has 0 spiro atoms. The Hall–Kier alpha value is -1.95. The maximum absolute atomic E-state index is 12.3. The third kappa shape index (κ3) is 2.08. The Morgan fingerprint density at radius 3 is 3.00 bits per heavy atom. The molecule has 1 aromatic heterocycles. The van der Waals surface area contributed by atoms with E-state index < -0.39 is 0 Å². The van der Waals surface area contributed by atoms with Crippen molar-refractivity contribution in [3.05, 3.63) is 30.1 Å². The molecule has 2 unspecified atom stereocenters. The fourth-order valence-corrected chi connectivity index (χ4v) is 2.57. The Balaban J connectivity index is 1.75. The number of ether oxygens (including phenoxy) is 1. The van der Waals surface area contributed by atoms with Gasteiger partial charge >= 0.3 is 0 Å². The van der Waals surface area contributed by atoms with Crippen molar-refractivity contribution in [2.24, 2.45) is 0 Å². The summed E-state index contributed by atoms with van der Waals surface area (Å²) in [5, 5.41) is 0. The molecule has 19 heavy (non-hydrogen) atoms. The van der Waals surface area contributed by atoms with Gasteiger partial charge in [0.25, 0.3) is 5.91 Å². The monoisotopic (exact) mass is 261 g/mol. The second kappa shape index (κ2) is 4.62. The number of rotatable bonds is 1. The zero-order chi connectivity index (χ0) is 13.4. The minimum atomic E-state index is -0.112.